The van der Waals surface area contributed by atoms with E-state index in [2.05, 4.69) is 5.32 Å². The molecule has 1 N–H and O–H groups in total. The van der Waals surface area contributed by atoms with Gasteiger partial charge in [0.15, 0.2) is 0 Å². The molecule has 0 saturated carbocycles. The lowest BCUT2D eigenvalue weighted by Crippen LogP contribution is -2.27. The first kappa shape index (κ1) is 20.0. The Morgan fingerprint density at radius 3 is 2.54 bits per heavy atom. The van der Waals surface area contributed by atoms with Crippen LogP contribution in [0.25, 0.3) is 0 Å². The molecular formula is C15H22ClN3O5. The zero-order chi connectivity index (χ0) is 18.5. The van der Waals surface area contributed by atoms with E-state index in [-0.39, 0.29) is 16.4 Å². The molecule has 0 fully saturated rings. The number of hydrogen-bond donors (Lipinski definition) is 1. The Labute approximate surface area is 145 Å². The summed E-state index contributed by atoms with van der Waals surface area (Å²) in [5.41, 5.74) is -0.485. The van der Waals surface area contributed by atoms with Crippen LogP contribution in [0.1, 0.15) is 20.8 Å². The quantitative estimate of drug-likeness (QED) is 0.615. The van der Waals surface area contributed by atoms with Crippen LogP contribution in [0.3, 0.4) is 0 Å². The zero-order valence-corrected chi connectivity index (χ0v) is 15.1. The Bertz CT molecular complexity index is 616. The molecule has 24 heavy (non-hydrogen) atoms. The predicted molar refractivity (Wildman–Crippen MR) is 93.1 cm³/mol. The van der Waals surface area contributed by atoms with E-state index in [1.54, 1.807) is 39.8 Å². The number of nitro groups is 1. The van der Waals surface area contributed by atoms with E-state index < -0.39 is 16.6 Å². The molecule has 0 aliphatic rings. The van der Waals surface area contributed by atoms with E-state index in [0.29, 0.717) is 18.8 Å². The molecule has 0 bridgehead atoms. The summed E-state index contributed by atoms with van der Waals surface area (Å²) < 4.78 is 10.1. The molecule has 0 atom stereocenters. The van der Waals surface area contributed by atoms with E-state index in [1.165, 1.54) is 12.1 Å². The van der Waals surface area contributed by atoms with Crippen molar-refractivity contribution in [2.45, 2.75) is 26.4 Å². The van der Waals surface area contributed by atoms with Crippen molar-refractivity contribution >= 4 is 34.8 Å². The van der Waals surface area contributed by atoms with E-state index in [1.807, 2.05) is 0 Å². The fourth-order valence-corrected chi connectivity index (χ4v) is 2.16. The van der Waals surface area contributed by atoms with Gasteiger partial charge in [0.1, 0.15) is 11.3 Å². The summed E-state index contributed by atoms with van der Waals surface area (Å²) in [4.78, 5) is 24.3. The van der Waals surface area contributed by atoms with Gasteiger partial charge < -0.3 is 14.4 Å². The first-order valence-corrected chi connectivity index (χ1v) is 7.61. The van der Waals surface area contributed by atoms with Gasteiger partial charge >= 0.3 is 6.09 Å². The summed E-state index contributed by atoms with van der Waals surface area (Å²) in [6, 6.07) is 2.65. The Morgan fingerprint density at radius 2 is 2.04 bits per heavy atom. The number of hydrogen-bond acceptors (Lipinski definition) is 6. The maximum Gasteiger partial charge on any atom is 0.412 e. The number of amides is 1. The summed E-state index contributed by atoms with van der Waals surface area (Å²) in [5.74, 6) is 0. The minimum atomic E-state index is -0.779. The fourth-order valence-electron chi connectivity index (χ4n) is 1.86. The number of nitro benzene ring substituents is 1. The SMILES string of the molecule is COCCN(C)c1cc(NC(=O)OC(C)(C)C)c([N+](=O)[O-])cc1Cl. The average Bonchev–Trinajstić information content (AvgIpc) is 2.43. The molecule has 0 spiro atoms. The van der Waals surface area contributed by atoms with Gasteiger partial charge in [0.25, 0.3) is 5.69 Å². The Kier molecular flexibility index (Phi) is 6.80. The summed E-state index contributed by atoms with van der Waals surface area (Å²) in [7, 11) is 3.34. The Morgan fingerprint density at radius 1 is 1.42 bits per heavy atom. The smallest absolute Gasteiger partial charge is 0.412 e. The standard InChI is InChI=1S/C15H22ClN3O5/c1-15(2,3)24-14(20)17-11-9-12(18(4)6-7-23-5)10(16)8-13(11)19(21)22/h8-9H,6-7H2,1-5H3,(H,17,20). The molecule has 1 amide bonds. The molecule has 0 aliphatic heterocycles. The van der Waals surface area contributed by atoms with Gasteiger partial charge in [0.2, 0.25) is 0 Å². The van der Waals surface area contributed by atoms with Crippen LogP contribution in [-0.2, 0) is 9.47 Å². The molecule has 0 aliphatic carbocycles. The van der Waals surface area contributed by atoms with Gasteiger partial charge in [-0.15, -0.1) is 0 Å². The molecule has 0 aromatic heterocycles. The van der Waals surface area contributed by atoms with Gasteiger partial charge in [0, 0.05) is 26.8 Å². The monoisotopic (exact) mass is 359 g/mol. The highest BCUT2D eigenvalue weighted by molar-refractivity contribution is 6.33. The first-order valence-electron chi connectivity index (χ1n) is 7.23. The number of carbonyl (C=O) groups excluding carboxylic acids is 1. The van der Waals surface area contributed by atoms with Crippen LogP contribution in [0.15, 0.2) is 12.1 Å². The van der Waals surface area contributed by atoms with Crippen molar-refractivity contribution in [3.63, 3.8) is 0 Å². The van der Waals surface area contributed by atoms with Crippen molar-refractivity contribution in [3.8, 4) is 0 Å². The topological polar surface area (TPSA) is 93.9 Å². The molecule has 8 nitrogen and oxygen atoms in total. The number of nitrogens with zero attached hydrogens (tertiary/aromatic N) is 2. The highest BCUT2D eigenvalue weighted by Crippen LogP contribution is 2.36. The zero-order valence-electron chi connectivity index (χ0n) is 14.4. The van der Waals surface area contributed by atoms with Gasteiger partial charge in [-0.3, -0.25) is 15.4 Å². The van der Waals surface area contributed by atoms with Crippen molar-refractivity contribution < 1.29 is 19.2 Å². The lowest BCUT2D eigenvalue weighted by molar-refractivity contribution is -0.383. The summed E-state index contributed by atoms with van der Waals surface area (Å²) >= 11 is 6.13. The van der Waals surface area contributed by atoms with Gasteiger partial charge in [0.05, 0.1) is 22.2 Å². The van der Waals surface area contributed by atoms with Crippen LogP contribution in [-0.4, -0.2) is 43.9 Å². The number of halogens is 1. The average molecular weight is 360 g/mol. The van der Waals surface area contributed by atoms with E-state index in [9.17, 15) is 14.9 Å². The first-order chi connectivity index (χ1) is 11.0. The molecule has 1 rings (SSSR count). The van der Waals surface area contributed by atoms with Crippen LogP contribution in [0.5, 0.6) is 0 Å². The van der Waals surface area contributed by atoms with Crippen LogP contribution in [0.2, 0.25) is 5.02 Å². The number of ether oxygens (including phenoxy) is 2. The largest absolute Gasteiger partial charge is 0.444 e. The van der Waals surface area contributed by atoms with E-state index in [4.69, 9.17) is 21.1 Å². The highest BCUT2D eigenvalue weighted by atomic mass is 35.5. The summed E-state index contributed by atoms with van der Waals surface area (Å²) in [5, 5.41) is 13.8. The van der Waals surface area contributed by atoms with Crippen LogP contribution >= 0.6 is 11.6 Å². The second kappa shape index (κ2) is 8.16. The maximum absolute atomic E-state index is 11.9. The Balaban J connectivity index is 3.15. The molecule has 1 aromatic carbocycles. The van der Waals surface area contributed by atoms with E-state index >= 15 is 0 Å². The van der Waals surface area contributed by atoms with E-state index in [0.717, 1.165) is 0 Å². The third-order valence-electron chi connectivity index (χ3n) is 2.94. The fraction of sp³-hybridized carbons (Fsp3) is 0.533. The van der Waals surface area contributed by atoms with Gasteiger partial charge in [-0.1, -0.05) is 11.6 Å². The number of benzene rings is 1. The van der Waals surface area contributed by atoms with Crippen LogP contribution in [0.4, 0.5) is 21.9 Å². The second-order valence-electron chi connectivity index (χ2n) is 6.12. The molecule has 0 radical (unpaired) electrons. The second-order valence-corrected chi connectivity index (χ2v) is 6.53. The number of nitrogens with one attached hydrogen (secondary N) is 1. The van der Waals surface area contributed by atoms with Crippen molar-refractivity contribution in [1.82, 2.24) is 0 Å². The van der Waals surface area contributed by atoms with Gasteiger partial charge in [-0.05, 0) is 26.8 Å². The minimum absolute atomic E-state index is 0.0120. The normalized spacial score (nSPS) is 11.1. The molecule has 0 unspecified atom stereocenters. The third kappa shape index (κ3) is 5.86. The third-order valence-corrected chi connectivity index (χ3v) is 3.24. The maximum atomic E-state index is 11.9. The Hall–Kier alpha value is -2.06. The number of likely N-dealkylation sites (N-methyl/N-ethyl adjacent to an activating group) is 1. The van der Waals surface area contributed by atoms with Crippen LogP contribution < -0.4 is 10.2 Å². The molecular weight excluding hydrogens is 338 g/mol. The van der Waals surface area contributed by atoms with Gasteiger partial charge in [-0.2, -0.15) is 0 Å². The number of methoxy groups -OCH3 is 1. The number of carbonyl (C=O) groups is 1. The number of rotatable bonds is 6. The molecule has 1 aromatic rings. The predicted octanol–water partition coefficient (Wildman–Crippen LogP) is 3.68. The van der Waals surface area contributed by atoms with Crippen molar-refractivity contribution in [2.24, 2.45) is 0 Å². The summed E-state index contributed by atoms with van der Waals surface area (Å²) in [6.07, 6.45) is -0.779. The molecule has 134 valence electrons. The van der Waals surface area contributed by atoms with Crippen molar-refractivity contribution in [1.29, 1.82) is 0 Å². The lowest BCUT2D eigenvalue weighted by Gasteiger charge is -2.22. The highest BCUT2D eigenvalue weighted by Gasteiger charge is 2.23. The van der Waals surface area contributed by atoms with Crippen LogP contribution in [0, 0.1) is 10.1 Å². The number of anilines is 2. The summed E-state index contributed by atoms with van der Waals surface area (Å²) in [6.45, 7) is 6.09. The van der Waals surface area contributed by atoms with Crippen molar-refractivity contribution in [3.05, 3.63) is 27.3 Å². The molecule has 0 saturated heterocycles. The molecule has 0 heterocycles. The molecule has 9 heteroatoms. The minimum Gasteiger partial charge on any atom is -0.444 e. The lowest BCUT2D eigenvalue weighted by atomic mass is 10.2. The van der Waals surface area contributed by atoms with Crippen molar-refractivity contribution in [2.75, 3.05) is 37.5 Å². The van der Waals surface area contributed by atoms with Gasteiger partial charge in [-0.25, -0.2) is 4.79 Å².